The van der Waals surface area contributed by atoms with Crippen LogP contribution in [0, 0.1) is 56.7 Å². The van der Waals surface area contributed by atoms with Crippen molar-refractivity contribution in [2.75, 3.05) is 19.8 Å². The van der Waals surface area contributed by atoms with Crippen molar-refractivity contribution in [1.82, 2.24) is 0 Å². The largest absolute Gasteiger partial charge is 0.432 e. The Hall–Kier alpha value is -1.47. The minimum Gasteiger partial charge on any atom is -0.432 e. The van der Waals surface area contributed by atoms with Crippen molar-refractivity contribution >= 4 is 5.97 Å². The van der Waals surface area contributed by atoms with Crippen LogP contribution in [0.1, 0.15) is 99.8 Å². The highest BCUT2D eigenvalue weighted by Crippen LogP contribution is 2.77. The third-order valence-corrected chi connectivity index (χ3v) is 19.9. The molecular formula is C48H78O19. The first kappa shape index (κ1) is 51.9. The van der Waals surface area contributed by atoms with Gasteiger partial charge in [0.05, 0.1) is 43.5 Å². The summed E-state index contributed by atoms with van der Waals surface area (Å²) in [4.78, 5) is 15.0. The van der Waals surface area contributed by atoms with Crippen LogP contribution in [0.2, 0.25) is 0 Å². The molecule has 3 saturated heterocycles. The lowest BCUT2D eigenvalue weighted by molar-refractivity contribution is -0.361. The van der Waals surface area contributed by atoms with Crippen molar-refractivity contribution in [2.24, 2.45) is 56.7 Å². The molecule has 0 aromatic rings. The molecule has 19 heteroatoms. The van der Waals surface area contributed by atoms with E-state index in [0.29, 0.717) is 25.7 Å². The first-order valence-corrected chi connectivity index (χ1v) is 24.5. The van der Waals surface area contributed by atoms with Crippen LogP contribution in [0.5, 0.6) is 0 Å². The van der Waals surface area contributed by atoms with E-state index in [1.807, 2.05) is 6.92 Å². The van der Waals surface area contributed by atoms with Crippen LogP contribution < -0.4 is 0 Å². The second-order valence-corrected chi connectivity index (χ2v) is 22.9. The highest BCUT2D eigenvalue weighted by molar-refractivity contribution is 5.78. The molecule has 0 radical (unpaired) electrons. The molecule has 0 aromatic carbocycles. The number of allylic oxidation sites excluding steroid dienone is 2. The molecule has 8 aliphatic rings. The fourth-order valence-corrected chi connectivity index (χ4v) is 15.6. The summed E-state index contributed by atoms with van der Waals surface area (Å²) in [5.74, 6) is -0.496. The van der Waals surface area contributed by atoms with Crippen LogP contribution in [0.25, 0.3) is 0 Å². The van der Waals surface area contributed by atoms with Gasteiger partial charge in [-0.1, -0.05) is 46.3 Å². The fraction of sp³-hybridized carbons (Fsp3) is 0.938. The van der Waals surface area contributed by atoms with Gasteiger partial charge in [-0.2, -0.15) is 0 Å². The zero-order valence-electron chi connectivity index (χ0n) is 39.8. The van der Waals surface area contributed by atoms with Crippen LogP contribution in [0.3, 0.4) is 0 Å². The van der Waals surface area contributed by atoms with E-state index >= 15 is 4.79 Å². The highest BCUT2D eigenvalue weighted by Gasteiger charge is 2.72. The number of aliphatic hydroxyl groups is 12. The predicted octanol–water partition coefficient (Wildman–Crippen LogP) is -1.03. The quantitative estimate of drug-likeness (QED) is 0.0971. The third-order valence-electron chi connectivity index (χ3n) is 19.9. The van der Waals surface area contributed by atoms with E-state index < -0.39 is 134 Å². The van der Waals surface area contributed by atoms with Crippen LogP contribution in [0.4, 0.5) is 0 Å². The molecule has 0 unspecified atom stereocenters. The SMILES string of the molecule is CC1=CC[C@]2(C(=O)O[C@@H]3O[C@H](CO[C@@H]4O[C@H](CO)[C@@H](O[C@@H]5O[C@@H](C)[C@H](O)[C@@H](O)[C@H]5O)[C@H](O)[C@H]4O)[C@@H](O)[C@H](O)[C@H]3O)CC[C@]3(C)[C@H](CC[C@@H]4[C@@]5(C)C[C@@H](O)[C@H](O)[C@@](C)(CO)[C@@H]5CC[C@]43C)[C@H]2[C@@H]1C. The molecule has 0 bridgehead atoms. The van der Waals surface area contributed by atoms with E-state index in [1.165, 1.54) is 12.5 Å². The van der Waals surface area contributed by atoms with Crippen LogP contribution in [-0.2, 0) is 33.2 Å². The molecule has 5 aliphatic carbocycles. The van der Waals surface area contributed by atoms with Gasteiger partial charge >= 0.3 is 5.97 Å². The summed E-state index contributed by atoms with van der Waals surface area (Å²) in [5.41, 5.74) is -1.48. The molecule has 7 fully saturated rings. The van der Waals surface area contributed by atoms with Gasteiger partial charge in [0, 0.05) is 5.41 Å². The van der Waals surface area contributed by atoms with Gasteiger partial charge < -0.3 is 89.7 Å². The molecule has 12 N–H and O–H groups in total. The smallest absolute Gasteiger partial charge is 0.315 e. The summed E-state index contributed by atoms with van der Waals surface area (Å²) in [5, 5.41) is 130. The monoisotopic (exact) mass is 959 g/mol. The average molecular weight is 959 g/mol. The number of hydrogen-bond acceptors (Lipinski definition) is 19. The summed E-state index contributed by atoms with van der Waals surface area (Å²) in [7, 11) is 0. The predicted molar refractivity (Wildman–Crippen MR) is 231 cm³/mol. The zero-order valence-corrected chi connectivity index (χ0v) is 39.8. The summed E-state index contributed by atoms with van der Waals surface area (Å²) in [6.07, 6.45) is -18.9. The second-order valence-electron chi connectivity index (χ2n) is 22.9. The molecule has 0 aromatic heterocycles. The van der Waals surface area contributed by atoms with Crippen LogP contribution in [-0.4, -0.2) is 191 Å². The molecule has 384 valence electrons. The Kier molecular flexibility index (Phi) is 14.4. The van der Waals surface area contributed by atoms with Gasteiger partial charge in [0.25, 0.3) is 0 Å². The second kappa shape index (κ2) is 18.5. The van der Waals surface area contributed by atoms with Gasteiger partial charge in [-0.25, -0.2) is 0 Å². The van der Waals surface area contributed by atoms with Crippen LogP contribution in [0.15, 0.2) is 11.6 Å². The molecule has 67 heavy (non-hydrogen) atoms. The Bertz CT molecular complexity index is 1820. The Labute approximate surface area is 392 Å². The molecule has 3 aliphatic heterocycles. The number of esters is 1. The minimum absolute atomic E-state index is 0.00890. The summed E-state index contributed by atoms with van der Waals surface area (Å²) in [6, 6.07) is 0. The van der Waals surface area contributed by atoms with Crippen molar-refractivity contribution in [3.05, 3.63) is 11.6 Å². The lowest BCUT2D eigenvalue weighted by Crippen LogP contribution is -2.70. The lowest BCUT2D eigenvalue weighted by atomic mass is 9.31. The number of hydrogen-bond donors (Lipinski definition) is 12. The summed E-state index contributed by atoms with van der Waals surface area (Å²) < 4.78 is 34.7. The summed E-state index contributed by atoms with van der Waals surface area (Å²) in [6.45, 7) is 12.9. The zero-order chi connectivity index (χ0) is 49.1. The maximum Gasteiger partial charge on any atom is 0.315 e. The van der Waals surface area contributed by atoms with E-state index in [1.54, 1.807) is 0 Å². The van der Waals surface area contributed by atoms with Gasteiger partial charge in [0.1, 0.15) is 67.1 Å². The molecule has 27 atom stereocenters. The number of rotatable bonds is 9. The van der Waals surface area contributed by atoms with Gasteiger partial charge in [-0.3, -0.25) is 4.79 Å². The molecular weight excluding hydrogens is 881 g/mol. The van der Waals surface area contributed by atoms with E-state index in [4.69, 9.17) is 28.4 Å². The number of carbonyl (C=O) groups is 1. The Balaban J connectivity index is 0.972. The van der Waals surface area contributed by atoms with Crippen LogP contribution >= 0.6 is 0 Å². The van der Waals surface area contributed by atoms with Gasteiger partial charge in [0.15, 0.2) is 12.6 Å². The van der Waals surface area contributed by atoms with Crippen molar-refractivity contribution in [2.45, 2.75) is 204 Å². The van der Waals surface area contributed by atoms with E-state index in [-0.39, 0.29) is 52.4 Å². The number of carbonyl (C=O) groups excluding carboxylic acids is 1. The molecule has 8 rings (SSSR count). The van der Waals surface area contributed by atoms with Gasteiger partial charge in [0.2, 0.25) is 6.29 Å². The Morgan fingerprint density at radius 2 is 1.34 bits per heavy atom. The molecule has 3 heterocycles. The number of ether oxygens (including phenoxy) is 6. The number of aliphatic hydroxyl groups excluding tert-OH is 12. The first-order valence-electron chi connectivity index (χ1n) is 24.5. The highest BCUT2D eigenvalue weighted by atomic mass is 16.8. The van der Waals surface area contributed by atoms with Crippen molar-refractivity contribution in [3.8, 4) is 0 Å². The van der Waals surface area contributed by atoms with E-state index in [9.17, 15) is 61.3 Å². The average Bonchev–Trinajstić information content (AvgIpc) is 3.29. The normalized spacial score (nSPS) is 56.7. The van der Waals surface area contributed by atoms with Crippen molar-refractivity contribution in [3.63, 3.8) is 0 Å². The lowest BCUT2D eigenvalue weighted by Gasteiger charge is -2.73. The van der Waals surface area contributed by atoms with E-state index in [0.717, 1.165) is 25.7 Å². The van der Waals surface area contributed by atoms with E-state index in [2.05, 4.69) is 40.7 Å². The minimum atomic E-state index is -1.86. The Morgan fingerprint density at radius 3 is 2.01 bits per heavy atom. The van der Waals surface area contributed by atoms with Gasteiger partial charge in [-0.05, 0) is 111 Å². The summed E-state index contributed by atoms with van der Waals surface area (Å²) >= 11 is 0. The third kappa shape index (κ3) is 7.92. The maximum atomic E-state index is 15.0. The number of fused-ring (bicyclic) bond motifs is 7. The van der Waals surface area contributed by atoms with Crippen molar-refractivity contribution in [1.29, 1.82) is 0 Å². The Morgan fingerprint density at radius 1 is 0.701 bits per heavy atom. The molecule has 0 spiro atoms. The topological polar surface area (TPSA) is 315 Å². The van der Waals surface area contributed by atoms with Gasteiger partial charge in [-0.15, -0.1) is 0 Å². The molecule has 0 amide bonds. The fourth-order valence-electron chi connectivity index (χ4n) is 15.6. The molecule has 19 nitrogen and oxygen atoms in total. The molecule has 4 saturated carbocycles. The van der Waals surface area contributed by atoms with Crippen molar-refractivity contribution < 1.29 is 94.5 Å². The maximum absolute atomic E-state index is 15.0. The standard InChI is InChI=1S/C48H78O19/c1-20-10-13-48(15-14-46(6)23(29(48)21(20)2)8-9-28-44(4)16-24(51)39(60)45(5,19-50)27(44)11-12-47(28,46)7)43(61)67-42-36(58)33(55)31(53)26(65-42)18-62-40-37(59)34(56)38(25(17-49)64-40)66-41-35(57)32(54)30(52)22(3)63-41/h10,21-42,49-60H,8-9,11-19H2,1-7H3/t21-,22+,23-,24-,25-,26-,27-,28-,29-,30+,31-,32-,33+,34-,35-,36-,37-,38-,39+,40-,41+,42+,44+,45+,46-,47-,48+/m1/s1. The first-order chi connectivity index (χ1) is 31.4.